The van der Waals surface area contributed by atoms with Crippen molar-refractivity contribution < 1.29 is 9.53 Å². The second kappa shape index (κ2) is 3.78. The highest BCUT2D eigenvalue weighted by Crippen LogP contribution is 2.32. The van der Waals surface area contributed by atoms with Gasteiger partial charge in [0.1, 0.15) is 11.5 Å². The van der Waals surface area contributed by atoms with Crippen molar-refractivity contribution in [3.05, 3.63) is 35.4 Å². The van der Waals surface area contributed by atoms with Crippen molar-refractivity contribution in [2.75, 3.05) is 6.61 Å². The van der Waals surface area contributed by atoms with Crippen LogP contribution in [0.25, 0.3) is 5.57 Å². The number of hydrogen-bond donors (Lipinski definition) is 0. The molecule has 3 rings (SSSR count). The van der Waals surface area contributed by atoms with E-state index < -0.39 is 0 Å². The third kappa shape index (κ3) is 1.64. The molecule has 2 nitrogen and oxygen atoms in total. The number of allylic oxidation sites excluding steroid dienone is 2. The van der Waals surface area contributed by atoms with Gasteiger partial charge in [-0.3, -0.25) is 4.79 Å². The van der Waals surface area contributed by atoms with Gasteiger partial charge in [-0.05, 0) is 29.2 Å². The largest absolute Gasteiger partial charge is 0.493 e. The normalized spacial score (nSPS) is 19.0. The second-order valence-corrected chi connectivity index (χ2v) is 4.39. The van der Waals surface area contributed by atoms with E-state index in [-0.39, 0.29) is 0 Å². The Labute approximate surface area is 94.9 Å². The molecule has 0 spiro atoms. The molecule has 2 heteroatoms. The van der Waals surface area contributed by atoms with Gasteiger partial charge in [0.2, 0.25) is 0 Å². The van der Waals surface area contributed by atoms with Crippen molar-refractivity contribution in [1.82, 2.24) is 0 Å². The van der Waals surface area contributed by atoms with E-state index in [9.17, 15) is 4.79 Å². The van der Waals surface area contributed by atoms with E-state index in [0.717, 1.165) is 25.2 Å². The number of benzene rings is 1. The molecule has 1 heterocycles. The topological polar surface area (TPSA) is 26.3 Å². The quantitative estimate of drug-likeness (QED) is 0.718. The van der Waals surface area contributed by atoms with Crippen molar-refractivity contribution in [2.24, 2.45) is 0 Å². The van der Waals surface area contributed by atoms with E-state index in [1.807, 2.05) is 0 Å². The smallest absolute Gasteiger partial charge is 0.137 e. The molecule has 0 saturated carbocycles. The number of Topliss-reactive ketones (excluding diaryl/α,β-unsaturated/α-hetero) is 1. The molecule has 0 radical (unpaired) electrons. The van der Waals surface area contributed by atoms with Crippen molar-refractivity contribution in [3.63, 3.8) is 0 Å². The third-order valence-electron chi connectivity index (χ3n) is 3.32. The summed E-state index contributed by atoms with van der Waals surface area (Å²) in [4.78, 5) is 11.2. The van der Waals surface area contributed by atoms with Gasteiger partial charge in [-0.2, -0.15) is 0 Å². The fourth-order valence-electron chi connectivity index (χ4n) is 2.34. The number of carbonyl (C=O) groups excluding carboxylic acids is 1. The second-order valence-electron chi connectivity index (χ2n) is 4.39. The maximum absolute atomic E-state index is 11.2. The van der Waals surface area contributed by atoms with Gasteiger partial charge in [0.05, 0.1) is 6.61 Å². The maximum Gasteiger partial charge on any atom is 0.137 e. The van der Waals surface area contributed by atoms with Crippen LogP contribution < -0.4 is 4.74 Å². The number of fused-ring (bicyclic) bond motifs is 1. The highest BCUT2D eigenvalue weighted by Gasteiger charge is 2.16. The minimum atomic E-state index is 0.348. The lowest BCUT2D eigenvalue weighted by atomic mass is 9.92. The molecule has 1 aliphatic heterocycles. The number of carbonyl (C=O) groups is 1. The van der Waals surface area contributed by atoms with Gasteiger partial charge < -0.3 is 4.74 Å². The molecule has 1 aromatic carbocycles. The van der Waals surface area contributed by atoms with E-state index in [0.29, 0.717) is 18.6 Å². The van der Waals surface area contributed by atoms with E-state index >= 15 is 0 Å². The third-order valence-corrected chi connectivity index (χ3v) is 3.32. The number of ketones is 1. The predicted octanol–water partition coefficient (Wildman–Crippen LogP) is 2.76. The molecule has 1 aromatic rings. The van der Waals surface area contributed by atoms with Gasteiger partial charge in [0.25, 0.3) is 0 Å². The van der Waals surface area contributed by atoms with Crippen molar-refractivity contribution >= 4 is 11.4 Å². The molecule has 16 heavy (non-hydrogen) atoms. The van der Waals surface area contributed by atoms with Crippen LogP contribution in [0.3, 0.4) is 0 Å². The van der Waals surface area contributed by atoms with Crippen molar-refractivity contribution in [3.8, 4) is 5.75 Å². The first-order valence-electron chi connectivity index (χ1n) is 5.80. The molecule has 0 N–H and O–H groups in total. The van der Waals surface area contributed by atoms with Crippen LogP contribution in [0.1, 0.15) is 30.4 Å². The minimum absolute atomic E-state index is 0.348. The van der Waals surface area contributed by atoms with Crippen LogP contribution in [-0.2, 0) is 11.2 Å². The summed E-state index contributed by atoms with van der Waals surface area (Å²) in [6.07, 6.45) is 5.23. The monoisotopic (exact) mass is 214 g/mol. The standard InChI is InChI=1S/C14H14O2/c15-13-5-3-10(4-6-13)12-2-1-11-7-8-16-14(11)9-12/h1-3,9H,4-8H2. The summed E-state index contributed by atoms with van der Waals surface area (Å²) >= 11 is 0. The zero-order valence-corrected chi connectivity index (χ0v) is 9.16. The minimum Gasteiger partial charge on any atom is -0.493 e. The van der Waals surface area contributed by atoms with Crippen LogP contribution in [0, 0.1) is 0 Å². The van der Waals surface area contributed by atoms with Gasteiger partial charge in [0, 0.05) is 19.3 Å². The van der Waals surface area contributed by atoms with Crippen LogP contribution >= 0.6 is 0 Å². The fraction of sp³-hybridized carbons (Fsp3) is 0.357. The predicted molar refractivity (Wildman–Crippen MR) is 62.5 cm³/mol. The molecule has 2 aliphatic rings. The first kappa shape index (κ1) is 9.64. The van der Waals surface area contributed by atoms with Gasteiger partial charge in [0.15, 0.2) is 0 Å². The number of rotatable bonds is 1. The molecule has 0 atom stereocenters. The molecular formula is C14H14O2. The Morgan fingerprint density at radius 2 is 2.06 bits per heavy atom. The summed E-state index contributed by atoms with van der Waals surface area (Å²) in [7, 11) is 0. The van der Waals surface area contributed by atoms with Crippen molar-refractivity contribution in [2.45, 2.75) is 25.7 Å². The molecule has 1 aliphatic carbocycles. The zero-order chi connectivity index (χ0) is 11.0. The highest BCUT2D eigenvalue weighted by atomic mass is 16.5. The van der Waals surface area contributed by atoms with Gasteiger partial charge in [-0.15, -0.1) is 0 Å². The lowest BCUT2D eigenvalue weighted by Crippen LogP contribution is -2.03. The lowest BCUT2D eigenvalue weighted by molar-refractivity contribution is -0.118. The van der Waals surface area contributed by atoms with Crippen LogP contribution in [0.2, 0.25) is 0 Å². The van der Waals surface area contributed by atoms with E-state index in [1.165, 1.54) is 16.7 Å². The molecular weight excluding hydrogens is 200 g/mol. The van der Waals surface area contributed by atoms with Gasteiger partial charge in [-0.1, -0.05) is 18.2 Å². The SMILES string of the molecule is O=C1CC=C(c2ccc3c(c2)OCC3)CC1. The molecule has 0 unspecified atom stereocenters. The zero-order valence-electron chi connectivity index (χ0n) is 9.16. The molecule has 0 bridgehead atoms. The number of hydrogen-bond acceptors (Lipinski definition) is 2. The Balaban J connectivity index is 1.92. The van der Waals surface area contributed by atoms with Crippen LogP contribution in [0.4, 0.5) is 0 Å². The fourth-order valence-corrected chi connectivity index (χ4v) is 2.34. The van der Waals surface area contributed by atoms with Gasteiger partial charge >= 0.3 is 0 Å². The summed E-state index contributed by atoms with van der Waals surface area (Å²) in [5.41, 5.74) is 3.81. The van der Waals surface area contributed by atoms with Crippen molar-refractivity contribution in [1.29, 1.82) is 0 Å². The first-order valence-corrected chi connectivity index (χ1v) is 5.80. The molecule has 0 aromatic heterocycles. The molecule has 0 amide bonds. The van der Waals surface area contributed by atoms with E-state index in [1.54, 1.807) is 0 Å². The summed E-state index contributed by atoms with van der Waals surface area (Å²) < 4.78 is 5.56. The first-order chi connectivity index (χ1) is 7.83. The lowest BCUT2D eigenvalue weighted by Gasteiger charge is -2.13. The summed E-state index contributed by atoms with van der Waals surface area (Å²) in [6.45, 7) is 0.802. The van der Waals surface area contributed by atoms with E-state index in [4.69, 9.17) is 4.74 Å². The van der Waals surface area contributed by atoms with Crippen LogP contribution in [0.5, 0.6) is 5.75 Å². The van der Waals surface area contributed by atoms with E-state index in [2.05, 4.69) is 24.3 Å². The average Bonchev–Trinajstić information content (AvgIpc) is 2.77. The maximum atomic E-state index is 11.2. The van der Waals surface area contributed by atoms with Crippen LogP contribution in [0.15, 0.2) is 24.3 Å². The molecule has 82 valence electrons. The Kier molecular flexibility index (Phi) is 2.28. The average molecular weight is 214 g/mol. The summed E-state index contributed by atoms with van der Waals surface area (Å²) in [5, 5.41) is 0. The Bertz CT molecular complexity index is 472. The Morgan fingerprint density at radius 1 is 1.12 bits per heavy atom. The summed E-state index contributed by atoms with van der Waals surface area (Å²) in [6, 6.07) is 6.41. The highest BCUT2D eigenvalue weighted by molar-refractivity contribution is 5.87. The molecule has 0 saturated heterocycles. The summed E-state index contributed by atoms with van der Waals surface area (Å²) in [5.74, 6) is 1.37. The Hall–Kier alpha value is -1.57. The van der Waals surface area contributed by atoms with Gasteiger partial charge in [-0.25, -0.2) is 0 Å². The number of ether oxygens (including phenoxy) is 1. The molecule has 0 fully saturated rings. The Morgan fingerprint density at radius 3 is 2.88 bits per heavy atom. The van der Waals surface area contributed by atoms with Crippen LogP contribution in [-0.4, -0.2) is 12.4 Å².